The van der Waals surface area contributed by atoms with Crippen molar-refractivity contribution in [2.45, 2.75) is 6.92 Å². The molecule has 124 valence electrons. The highest BCUT2D eigenvalue weighted by Crippen LogP contribution is 2.18. The van der Waals surface area contributed by atoms with Gasteiger partial charge in [-0.25, -0.2) is 4.98 Å². The van der Waals surface area contributed by atoms with Crippen LogP contribution in [0.1, 0.15) is 10.6 Å². The smallest absolute Gasteiger partial charge is 0.249 e. The fourth-order valence-corrected chi connectivity index (χ4v) is 3.12. The molecule has 0 aliphatic heterocycles. The van der Waals surface area contributed by atoms with E-state index < -0.39 is 0 Å². The molecule has 0 spiro atoms. The van der Waals surface area contributed by atoms with Crippen molar-refractivity contribution in [3.8, 4) is 5.95 Å². The quantitative estimate of drug-likeness (QED) is 0.551. The molecule has 1 aromatic carbocycles. The predicted octanol–water partition coefficient (Wildman–Crippen LogP) is 3.77. The molecular formula is C18H15N5OS. The Bertz CT molecular complexity index is 1030. The Morgan fingerprint density at radius 2 is 2.16 bits per heavy atom. The molecule has 0 saturated heterocycles. The van der Waals surface area contributed by atoms with Gasteiger partial charge in [0.05, 0.1) is 16.7 Å². The molecule has 3 aromatic heterocycles. The van der Waals surface area contributed by atoms with Crippen LogP contribution in [0.3, 0.4) is 0 Å². The van der Waals surface area contributed by atoms with Crippen molar-refractivity contribution in [1.29, 1.82) is 0 Å². The summed E-state index contributed by atoms with van der Waals surface area (Å²) in [5.74, 6) is 0.912. The zero-order chi connectivity index (χ0) is 17.2. The molecule has 4 rings (SSSR count). The van der Waals surface area contributed by atoms with Gasteiger partial charge in [-0.1, -0.05) is 18.2 Å². The van der Waals surface area contributed by atoms with E-state index in [2.05, 4.69) is 20.4 Å². The summed E-state index contributed by atoms with van der Waals surface area (Å²) in [5, 5.41) is 9.25. The van der Waals surface area contributed by atoms with E-state index in [0.29, 0.717) is 11.8 Å². The number of aryl methyl sites for hydroxylation is 1. The first-order chi connectivity index (χ1) is 12.2. The van der Waals surface area contributed by atoms with Crippen molar-refractivity contribution in [3.05, 3.63) is 64.5 Å². The van der Waals surface area contributed by atoms with Crippen LogP contribution in [0.25, 0.3) is 23.1 Å². The fraction of sp³-hybridized carbons (Fsp3) is 0.0556. The fourth-order valence-electron chi connectivity index (χ4n) is 2.50. The number of anilines is 1. The van der Waals surface area contributed by atoms with Gasteiger partial charge in [-0.15, -0.1) is 11.3 Å². The van der Waals surface area contributed by atoms with Crippen LogP contribution in [0.2, 0.25) is 0 Å². The summed E-state index contributed by atoms with van der Waals surface area (Å²) in [6.07, 6.45) is 3.30. The number of aromatic amines is 1. The van der Waals surface area contributed by atoms with E-state index in [1.165, 1.54) is 6.08 Å². The Balaban J connectivity index is 1.61. The Morgan fingerprint density at radius 3 is 2.96 bits per heavy atom. The first-order valence-corrected chi connectivity index (χ1v) is 8.61. The number of amides is 1. The first-order valence-electron chi connectivity index (χ1n) is 7.73. The van der Waals surface area contributed by atoms with Gasteiger partial charge in [-0.2, -0.15) is 9.78 Å². The highest BCUT2D eigenvalue weighted by atomic mass is 32.1. The molecule has 0 radical (unpaired) electrons. The lowest BCUT2D eigenvalue weighted by molar-refractivity contribution is -0.111. The van der Waals surface area contributed by atoms with Gasteiger partial charge >= 0.3 is 0 Å². The average molecular weight is 349 g/mol. The minimum absolute atomic E-state index is 0.217. The summed E-state index contributed by atoms with van der Waals surface area (Å²) in [7, 11) is 0. The summed E-state index contributed by atoms with van der Waals surface area (Å²) in [5.41, 5.74) is 2.55. The van der Waals surface area contributed by atoms with E-state index >= 15 is 0 Å². The third kappa shape index (κ3) is 3.22. The number of carbonyl (C=O) groups excluding carboxylic acids is 1. The number of hydrogen-bond acceptors (Lipinski definition) is 4. The molecule has 2 N–H and O–H groups in total. The SMILES string of the molecule is Cc1cc(NC(=O)/C=C/c2cccs2)n(-c2nc3ccccc3[nH]2)n1. The maximum Gasteiger partial charge on any atom is 0.249 e. The normalized spacial score (nSPS) is 11.4. The lowest BCUT2D eigenvalue weighted by atomic mass is 10.3. The minimum atomic E-state index is -0.217. The van der Waals surface area contributed by atoms with Crippen LogP contribution in [0.5, 0.6) is 0 Å². The Hall–Kier alpha value is -3.19. The summed E-state index contributed by atoms with van der Waals surface area (Å²) < 4.78 is 1.60. The van der Waals surface area contributed by atoms with Crippen LogP contribution >= 0.6 is 11.3 Å². The maximum absolute atomic E-state index is 12.2. The molecule has 0 aliphatic rings. The Morgan fingerprint density at radius 1 is 1.28 bits per heavy atom. The van der Waals surface area contributed by atoms with Gasteiger partial charge in [0.25, 0.3) is 0 Å². The number of aromatic nitrogens is 4. The molecule has 0 aliphatic carbocycles. The molecule has 7 heteroatoms. The van der Waals surface area contributed by atoms with Crippen molar-refractivity contribution >= 4 is 40.2 Å². The summed E-state index contributed by atoms with van der Waals surface area (Å²) in [4.78, 5) is 21.0. The summed E-state index contributed by atoms with van der Waals surface area (Å²) >= 11 is 1.58. The number of benzene rings is 1. The topological polar surface area (TPSA) is 75.6 Å². The monoisotopic (exact) mass is 349 g/mol. The van der Waals surface area contributed by atoms with Gasteiger partial charge < -0.3 is 10.3 Å². The van der Waals surface area contributed by atoms with Gasteiger partial charge in [-0.05, 0) is 36.6 Å². The van der Waals surface area contributed by atoms with Crippen LogP contribution in [0.15, 0.2) is 53.9 Å². The van der Waals surface area contributed by atoms with Crippen LogP contribution in [-0.2, 0) is 4.79 Å². The lowest BCUT2D eigenvalue weighted by Crippen LogP contribution is -2.12. The molecule has 0 saturated carbocycles. The molecule has 0 unspecified atom stereocenters. The van der Waals surface area contributed by atoms with E-state index in [-0.39, 0.29) is 5.91 Å². The predicted molar refractivity (Wildman–Crippen MR) is 99.9 cm³/mol. The number of nitrogens with one attached hydrogen (secondary N) is 2. The van der Waals surface area contributed by atoms with E-state index in [0.717, 1.165) is 21.6 Å². The van der Waals surface area contributed by atoms with Crippen LogP contribution < -0.4 is 5.32 Å². The number of hydrogen-bond donors (Lipinski definition) is 2. The number of rotatable bonds is 4. The van der Waals surface area contributed by atoms with E-state index in [1.807, 2.05) is 54.8 Å². The number of nitrogens with zero attached hydrogens (tertiary/aromatic N) is 3. The lowest BCUT2D eigenvalue weighted by Gasteiger charge is -2.04. The van der Waals surface area contributed by atoms with Crippen molar-refractivity contribution in [2.75, 3.05) is 5.32 Å². The highest BCUT2D eigenvalue weighted by molar-refractivity contribution is 7.10. The van der Waals surface area contributed by atoms with Crippen molar-refractivity contribution in [1.82, 2.24) is 19.7 Å². The first kappa shape index (κ1) is 15.3. The molecule has 6 nitrogen and oxygen atoms in total. The van der Waals surface area contributed by atoms with E-state index in [9.17, 15) is 4.79 Å². The number of fused-ring (bicyclic) bond motifs is 1. The summed E-state index contributed by atoms with van der Waals surface area (Å²) in [6, 6.07) is 13.5. The second-order valence-corrected chi connectivity index (χ2v) is 6.48. The molecule has 0 atom stereocenters. The van der Waals surface area contributed by atoms with Crippen LogP contribution in [0, 0.1) is 6.92 Å². The number of thiophene rings is 1. The second-order valence-electron chi connectivity index (χ2n) is 5.50. The molecule has 0 fully saturated rings. The van der Waals surface area contributed by atoms with Gasteiger partial charge in [0, 0.05) is 17.0 Å². The van der Waals surface area contributed by atoms with E-state index in [4.69, 9.17) is 0 Å². The maximum atomic E-state index is 12.2. The highest BCUT2D eigenvalue weighted by Gasteiger charge is 2.13. The second kappa shape index (κ2) is 6.37. The third-order valence-electron chi connectivity index (χ3n) is 3.60. The Kier molecular flexibility index (Phi) is 3.91. The summed E-state index contributed by atoms with van der Waals surface area (Å²) in [6.45, 7) is 1.87. The number of H-pyrrole nitrogens is 1. The third-order valence-corrected chi connectivity index (χ3v) is 4.44. The number of carbonyl (C=O) groups is 1. The van der Waals surface area contributed by atoms with Crippen molar-refractivity contribution in [3.63, 3.8) is 0 Å². The van der Waals surface area contributed by atoms with Crippen molar-refractivity contribution < 1.29 is 4.79 Å². The van der Waals surface area contributed by atoms with E-state index in [1.54, 1.807) is 22.1 Å². The van der Waals surface area contributed by atoms with Gasteiger partial charge in [-0.3, -0.25) is 4.79 Å². The number of para-hydroxylation sites is 2. The number of imidazole rings is 1. The van der Waals surface area contributed by atoms with Crippen LogP contribution in [-0.4, -0.2) is 25.7 Å². The minimum Gasteiger partial charge on any atom is -0.322 e. The van der Waals surface area contributed by atoms with Gasteiger partial charge in [0.15, 0.2) is 0 Å². The van der Waals surface area contributed by atoms with Gasteiger partial charge in [0.2, 0.25) is 11.9 Å². The Labute approximate surface area is 147 Å². The molecule has 0 bridgehead atoms. The molecule has 4 aromatic rings. The zero-order valence-corrected chi connectivity index (χ0v) is 14.2. The standard InChI is InChI=1S/C18H15N5OS/c1-12-11-16(21-17(24)9-8-13-5-4-10-25-13)23(22-12)18-19-14-6-2-3-7-15(14)20-18/h2-11H,1H3,(H,19,20)(H,21,24)/b9-8+. The molecule has 3 heterocycles. The molecule has 25 heavy (non-hydrogen) atoms. The molecular weight excluding hydrogens is 334 g/mol. The van der Waals surface area contributed by atoms with Gasteiger partial charge in [0.1, 0.15) is 5.82 Å². The molecule has 1 amide bonds. The van der Waals surface area contributed by atoms with Crippen LogP contribution in [0.4, 0.5) is 5.82 Å². The largest absolute Gasteiger partial charge is 0.322 e. The zero-order valence-electron chi connectivity index (χ0n) is 13.4. The van der Waals surface area contributed by atoms with Crippen molar-refractivity contribution in [2.24, 2.45) is 0 Å². The average Bonchev–Trinajstić information content (AvgIpc) is 3.32.